The molecule has 6 heteroatoms. The summed E-state index contributed by atoms with van der Waals surface area (Å²) in [4.78, 5) is 15.4. The van der Waals surface area contributed by atoms with Gasteiger partial charge in [-0.1, -0.05) is 0 Å². The van der Waals surface area contributed by atoms with E-state index in [2.05, 4.69) is 4.98 Å². The van der Waals surface area contributed by atoms with E-state index in [0.29, 0.717) is 24.4 Å². The number of oxazole rings is 1. The summed E-state index contributed by atoms with van der Waals surface area (Å²) in [6.45, 7) is 0. The molecule has 0 atom stereocenters. The lowest BCUT2D eigenvalue weighted by Gasteiger charge is -2.26. The first-order valence-electron chi connectivity index (χ1n) is 6.58. The van der Waals surface area contributed by atoms with Crippen molar-refractivity contribution in [1.29, 1.82) is 0 Å². The molecule has 0 bridgehead atoms. The van der Waals surface area contributed by atoms with Crippen molar-refractivity contribution in [3.8, 4) is 0 Å². The number of aromatic nitrogens is 1. The summed E-state index contributed by atoms with van der Waals surface area (Å²) in [6.07, 6.45) is 2.10. The van der Waals surface area contributed by atoms with Crippen LogP contribution in [0.25, 0.3) is 0 Å². The molecule has 0 amide bonds. The molecule has 2 saturated carbocycles. The molecule has 0 saturated heterocycles. The highest BCUT2D eigenvalue weighted by atomic mass is 19.3. The van der Waals surface area contributed by atoms with Crippen LogP contribution in [0.4, 0.5) is 8.78 Å². The van der Waals surface area contributed by atoms with Gasteiger partial charge in [0.1, 0.15) is 0 Å². The van der Waals surface area contributed by atoms with Crippen molar-refractivity contribution in [1.82, 2.24) is 4.98 Å². The van der Waals surface area contributed by atoms with Gasteiger partial charge in [0.2, 0.25) is 11.7 Å². The fourth-order valence-electron chi connectivity index (χ4n) is 2.60. The Morgan fingerprint density at radius 2 is 1.84 bits per heavy atom. The number of aromatic carboxylic acids is 1. The maximum Gasteiger partial charge on any atom is 0.373 e. The number of rotatable bonds is 3. The average Bonchev–Trinajstić information content (AvgIpc) is 3.08. The third-order valence-electron chi connectivity index (χ3n) is 3.89. The summed E-state index contributed by atoms with van der Waals surface area (Å²) in [6, 6.07) is 0. The minimum absolute atomic E-state index is 0.102. The van der Waals surface area contributed by atoms with Crippen molar-refractivity contribution in [2.45, 2.75) is 56.3 Å². The smallest absolute Gasteiger partial charge is 0.373 e. The van der Waals surface area contributed by atoms with E-state index in [0.717, 1.165) is 12.8 Å². The second kappa shape index (κ2) is 4.28. The van der Waals surface area contributed by atoms with Gasteiger partial charge in [0.25, 0.3) is 0 Å². The first-order valence-corrected chi connectivity index (χ1v) is 6.58. The van der Waals surface area contributed by atoms with E-state index in [1.807, 2.05) is 0 Å². The summed E-state index contributed by atoms with van der Waals surface area (Å²) in [5.41, 5.74) is 0.500. The van der Waals surface area contributed by atoms with Gasteiger partial charge in [0, 0.05) is 24.7 Å². The van der Waals surface area contributed by atoms with E-state index >= 15 is 0 Å². The molecule has 1 aromatic heterocycles. The largest absolute Gasteiger partial charge is 0.475 e. The lowest BCUT2D eigenvalue weighted by atomic mass is 9.87. The van der Waals surface area contributed by atoms with Crippen LogP contribution in [0, 0.1) is 0 Å². The highest BCUT2D eigenvalue weighted by Gasteiger charge is 2.39. The zero-order valence-corrected chi connectivity index (χ0v) is 10.4. The molecule has 2 aliphatic rings. The third kappa shape index (κ3) is 2.48. The van der Waals surface area contributed by atoms with Gasteiger partial charge >= 0.3 is 5.97 Å². The third-order valence-corrected chi connectivity index (χ3v) is 3.89. The van der Waals surface area contributed by atoms with E-state index in [1.165, 1.54) is 0 Å². The van der Waals surface area contributed by atoms with Crippen LogP contribution in [0.5, 0.6) is 0 Å². The fraction of sp³-hybridized carbons (Fsp3) is 0.692. The second-order valence-corrected chi connectivity index (χ2v) is 5.48. The maximum atomic E-state index is 13.1. The minimum atomic E-state index is -2.60. The molecular weight excluding hydrogens is 256 g/mol. The molecule has 19 heavy (non-hydrogen) atoms. The Bertz CT molecular complexity index is 498. The quantitative estimate of drug-likeness (QED) is 0.913. The highest BCUT2D eigenvalue weighted by molar-refractivity contribution is 5.86. The zero-order chi connectivity index (χ0) is 13.6. The van der Waals surface area contributed by atoms with Gasteiger partial charge in [0.15, 0.2) is 5.89 Å². The fourth-order valence-corrected chi connectivity index (χ4v) is 2.60. The van der Waals surface area contributed by atoms with Gasteiger partial charge in [-0.15, -0.1) is 0 Å². The Morgan fingerprint density at radius 1 is 1.21 bits per heavy atom. The number of halogens is 2. The first-order chi connectivity index (χ1) is 8.96. The molecule has 2 fully saturated rings. The van der Waals surface area contributed by atoms with E-state index in [4.69, 9.17) is 9.52 Å². The summed E-state index contributed by atoms with van der Waals surface area (Å²) in [5, 5.41) is 9.08. The molecule has 0 spiro atoms. The molecule has 3 rings (SSSR count). The molecule has 2 aliphatic carbocycles. The molecule has 1 aromatic rings. The van der Waals surface area contributed by atoms with E-state index in [-0.39, 0.29) is 30.4 Å². The van der Waals surface area contributed by atoms with Crippen LogP contribution in [0.3, 0.4) is 0 Å². The van der Waals surface area contributed by atoms with Gasteiger partial charge in [-0.05, 0) is 25.7 Å². The lowest BCUT2D eigenvalue weighted by Crippen LogP contribution is -2.23. The number of carboxylic acid groups (broad SMARTS) is 1. The summed E-state index contributed by atoms with van der Waals surface area (Å²) in [7, 11) is 0. The normalized spacial score (nSPS) is 23.5. The van der Waals surface area contributed by atoms with E-state index in [9.17, 15) is 13.6 Å². The first kappa shape index (κ1) is 12.6. The Balaban J connectivity index is 1.82. The maximum absolute atomic E-state index is 13.1. The van der Waals surface area contributed by atoms with Crippen molar-refractivity contribution in [2.75, 3.05) is 0 Å². The van der Waals surface area contributed by atoms with E-state index in [1.54, 1.807) is 0 Å². The Labute approximate surface area is 108 Å². The standard InChI is InChI=1S/C13H15F2NO3/c14-13(15)5-3-8(4-6-13)11-16-9(7-1-2-7)10(19-11)12(17)18/h7-8H,1-6H2,(H,17,18). The number of alkyl halides is 2. The predicted molar refractivity (Wildman–Crippen MR) is 61.6 cm³/mol. The molecule has 104 valence electrons. The van der Waals surface area contributed by atoms with Crippen molar-refractivity contribution < 1.29 is 23.1 Å². The van der Waals surface area contributed by atoms with Gasteiger partial charge in [-0.2, -0.15) is 0 Å². The van der Waals surface area contributed by atoms with Crippen LogP contribution in [0.1, 0.15) is 72.5 Å². The topological polar surface area (TPSA) is 63.3 Å². The van der Waals surface area contributed by atoms with Crippen molar-refractivity contribution >= 4 is 5.97 Å². The SMILES string of the molecule is O=C(O)c1oc(C2CCC(F)(F)CC2)nc1C1CC1. The molecule has 0 unspecified atom stereocenters. The van der Waals surface area contributed by atoms with Crippen LogP contribution in [-0.2, 0) is 0 Å². The highest BCUT2D eigenvalue weighted by Crippen LogP contribution is 2.45. The zero-order valence-electron chi connectivity index (χ0n) is 10.4. The molecule has 1 heterocycles. The van der Waals surface area contributed by atoms with Gasteiger partial charge < -0.3 is 9.52 Å². The average molecular weight is 271 g/mol. The second-order valence-electron chi connectivity index (χ2n) is 5.48. The number of nitrogens with zero attached hydrogens (tertiary/aromatic N) is 1. The number of hydrogen-bond acceptors (Lipinski definition) is 3. The van der Waals surface area contributed by atoms with Gasteiger partial charge in [-0.25, -0.2) is 18.6 Å². The van der Waals surface area contributed by atoms with Crippen LogP contribution >= 0.6 is 0 Å². The lowest BCUT2D eigenvalue weighted by molar-refractivity contribution is -0.0399. The van der Waals surface area contributed by atoms with E-state index < -0.39 is 11.9 Å². The van der Waals surface area contributed by atoms with Crippen LogP contribution in [0.15, 0.2) is 4.42 Å². The number of hydrogen-bond donors (Lipinski definition) is 1. The Kier molecular flexibility index (Phi) is 2.83. The van der Waals surface area contributed by atoms with Gasteiger partial charge in [0.05, 0.1) is 5.69 Å². The molecular formula is C13H15F2NO3. The molecule has 4 nitrogen and oxygen atoms in total. The predicted octanol–water partition coefficient (Wildman–Crippen LogP) is 3.54. The molecule has 1 N–H and O–H groups in total. The Morgan fingerprint density at radius 3 is 2.37 bits per heavy atom. The summed E-state index contributed by atoms with van der Waals surface area (Å²) in [5.74, 6) is -3.50. The summed E-state index contributed by atoms with van der Waals surface area (Å²) < 4.78 is 31.5. The van der Waals surface area contributed by atoms with Crippen LogP contribution in [0.2, 0.25) is 0 Å². The summed E-state index contributed by atoms with van der Waals surface area (Å²) >= 11 is 0. The molecule has 0 radical (unpaired) electrons. The van der Waals surface area contributed by atoms with Crippen molar-refractivity contribution in [2.24, 2.45) is 0 Å². The van der Waals surface area contributed by atoms with Gasteiger partial charge in [-0.3, -0.25) is 0 Å². The minimum Gasteiger partial charge on any atom is -0.475 e. The number of carbonyl (C=O) groups is 1. The Hall–Kier alpha value is -1.46. The molecule has 0 aromatic carbocycles. The number of carboxylic acids is 1. The van der Waals surface area contributed by atoms with Crippen molar-refractivity contribution in [3.05, 3.63) is 17.3 Å². The van der Waals surface area contributed by atoms with Crippen LogP contribution in [-0.4, -0.2) is 22.0 Å². The monoisotopic (exact) mass is 271 g/mol. The van der Waals surface area contributed by atoms with Crippen LogP contribution < -0.4 is 0 Å². The van der Waals surface area contributed by atoms with Crippen molar-refractivity contribution in [3.63, 3.8) is 0 Å². The molecule has 0 aliphatic heterocycles.